The van der Waals surface area contributed by atoms with Gasteiger partial charge in [-0.15, -0.1) is 0 Å². The maximum atomic E-state index is 10.8. The molecule has 0 fully saturated rings. The minimum absolute atomic E-state index is 0.262. The average molecular weight is 364 g/mol. The van der Waals surface area contributed by atoms with Crippen molar-refractivity contribution < 1.29 is 10.0 Å². The molecule has 0 aromatic heterocycles. The van der Waals surface area contributed by atoms with E-state index in [1.807, 2.05) is 0 Å². The summed E-state index contributed by atoms with van der Waals surface area (Å²) in [5.74, 6) is -0.262. The Hall–Kier alpha value is -0.0900. The van der Waals surface area contributed by atoms with E-state index >= 15 is 0 Å². The monoisotopic (exact) mass is 363 g/mol. The molecule has 0 bridgehead atoms. The van der Waals surface area contributed by atoms with Gasteiger partial charge < -0.3 is 0 Å². The Morgan fingerprint density at radius 2 is 1.00 bits per heavy atom. The SMILES string of the molecule is O=C(CCCCCCCCCCCCCCCCBr)NO. The molecular weight excluding hydrogens is 330 g/mol. The number of carbonyl (C=O) groups is 1. The summed E-state index contributed by atoms with van der Waals surface area (Å²) in [4.78, 5) is 10.8. The predicted octanol–water partition coefficient (Wildman–Crippen LogP) is 5.74. The van der Waals surface area contributed by atoms with Crippen LogP contribution >= 0.6 is 15.9 Å². The number of amides is 1. The number of carbonyl (C=O) groups excluding carboxylic acids is 1. The van der Waals surface area contributed by atoms with Gasteiger partial charge >= 0.3 is 0 Å². The summed E-state index contributed by atoms with van der Waals surface area (Å²) in [6, 6.07) is 0. The van der Waals surface area contributed by atoms with Gasteiger partial charge in [0.05, 0.1) is 0 Å². The van der Waals surface area contributed by atoms with E-state index in [0.717, 1.165) is 18.2 Å². The normalized spacial score (nSPS) is 10.8. The molecule has 0 radical (unpaired) electrons. The van der Waals surface area contributed by atoms with E-state index in [1.165, 1.54) is 77.0 Å². The van der Waals surface area contributed by atoms with Crippen LogP contribution in [0.25, 0.3) is 0 Å². The van der Waals surface area contributed by atoms with Crippen molar-refractivity contribution in [2.24, 2.45) is 0 Å². The van der Waals surface area contributed by atoms with E-state index in [-0.39, 0.29) is 5.91 Å². The first-order valence-electron chi connectivity index (χ1n) is 8.80. The van der Waals surface area contributed by atoms with Crippen LogP contribution in [0.5, 0.6) is 0 Å². The van der Waals surface area contributed by atoms with Gasteiger partial charge in [-0.3, -0.25) is 10.0 Å². The van der Waals surface area contributed by atoms with Crippen molar-refractivity contribution in [3.05, 3.63) is 0 Å². The first kappa shape index (κ1) is 20.9. The van der Waals surface area contributed by atoms with Crippen LogP contribution in [0.3, 0.4) is 0 Å². The van der Waals surface area contributed by atoms with Crippen LogP contribution in [-0.2, 0) is 4.79 Å². The fraction of sp³-hybridized carbons (Fsp3) is 0.941. The molecule has 0 saturated heterocycles. The zero-order valence-corrected chi connectivity index (χ0v) is 15.1. The van der Waals surface area contributed by atoms with Crippen LogP contribution in [0.2, 0.25) is 0 Å². The van der Waals surface area contributed by atoms with Gasteiger partial charge in [0.25, 0.3) is 0 Å². The van der Waals surface area contributed by atoms with Crippen LogP contribution in [0, 0.1) is 0 Å². The Morgan fingerprint density at radius 3 is 1.33 bits per heavy atom. The number of rotatable bonds is 16. The molecule has 0 saturated carbocycles. The van der Waals surface area contributed by atoms with Crippen molar-refractivity contribution in [3.8, 4) is 0 Å². The van der Waals surface area contributed by atoms with Gasteiger partial charge in [-0.05, 0) is 12.8 Å². The van der Waals surface area contributed by atoms with Gasteiger partial charge in [0, 0.05) is 11.8 Å². The molecule has 0 aromatic carbocycles. The Labute approximate surface area is 139 Å². The fourth-order valence-corrected chi connectivity index (χ4v) is 2.95. The Balaban J connectivity index is 2.98. The molecule has 3 nitrogen and oxygen atoms in total. The molecule has 0 aromatic rings. The molecular formula is C17H34BrNO2. The third kappa shape index (κ3) is 17.9. The molecule has 0 aliphatic rings. The lowest BCUT2D eigenvalue weighted by molar-refractivity contribution is -0.129. The highest BCUT2D eigenvalue weighted by Gasteiger charge is 1.98. The number of halogens is 1. The highest BCUT2D eigenvalue weighted by molar-refractivity contribution is 9.09. The molecule has 0 heterocycles. The molecule has 0 spiro atoms. The van der Waals surface area contributed by atoms with Gasteiger partial charge in [0.15, 0.2) is 0 Å². The highest BCUT2D eigenvalue weighted by atomic mass is 79.9. The van der Waals surface area contributed by atoms with E-state index in [2.05, 4.69) is 15.9 Å². The largest absolute Gasteiger partial charge is 0.289 e. The molecule has 1 amide bonds. The summed E-state index contributed by atoms with van der Waals surface area (Å²) in [6.07, 6.45) is 18.8. The fourth-order valence-electron chi connectivity index (χ4n) is 2.56. The Morgan fingerprint density at radius 1 is 0.667 bits per heavy atom. The lowest BCUT2D eigenvalue weighted by Gasteiger charge is -2.03. The molecule has 0 aliphatic heterocycles. The molecule has 0 atom stereocenters. The molecule has 0 unspecified atom stereocenters. The minimum Gasteiger partial charge on any atom is -0.289 e. The zero-order valence-electron chi connectivity index (χ0n) is 13.5. The minimum atomic E-state index is -0.262. The van der Waals surface area contributed by atoms with Gasteiger partial charge in [0.1, 0.15) is 0 Å². The van der Waals surface area contributed by atoms with E-state index < -0.39 is 0 Å². The van der Waals surface area contributed by atoms with E-state index in [4.69, 9.17) is 5.21 Å². The van der Waals surface area contributed by atoms with Gasteiger partial charge in [-0.1, -0.05) is 93.0 Å². The van der Waals surface area contributed by atoms with Crippen molar-refractivity contribution in [3.63, 3.8) is 0 Å². The van der Waals surface area contributed by atoms with E-state index in [9.17, 15) is 4.79 Å². The highest BCUT2D eigenvalue weighted by Crippen LogP contribution is 2.13. The smallest absolute Gasteiger partial charge is 0.243 e. The number of unbranched alkanes of at least 4 members (excludes halogenated alkanes) is 13. The summed E-state index contributed by atoms with van der Waals surface area (Å²) >= 11 is 3.47. The first-order chi connectivity index (χ1) is 10.3. The molecule has 0 rings (SSSR count). The quantitative estimate of drug-likeness (QED) is 0.159. The standard InChI is InChI=1S/C17H34BrNO2/c18-16-14-12-10-8-6-4-2-1-3-5-7-9-11-13-15-17(20)19-21/h21H,1-16H2,(H,19,20). The van der Waals surface area contributed by atoms with Crippen molar-refractivity contribution in [1.82, 2.24) is 5.48 Å². The first-order valence-corrected chi connectivity index (χ1v) is 9.92. The second-order valence-electron chi connectivity index (χ2n) is 5.92. The number of hydroxylamine groups is 1. The molecule has 126 valence electrons. The molecule has 0 aliphatic carbocycles. The second kappa shape index (κ2) is 18.0. The number of hydrogen-bond acceptors (Lipinski definition) is 2. The summed E-state index contributed by atoms with van der Waals surface area (Å²) in [6.45, 7) is 0. The summed E-state index contributed by atoms with van der Waals surface area (Å²) in [7, 11) is 0. The maximum absolute atomic E-state index is 10.8. The second-order valence-corrected chi connectivity index (χ2v) is 6.72. The van der Waals surface area contributed by atoms with Crippen molar-refractivity contribution in [2.75, 3.05) is 5.33 Å². The molecule has 2 N–H and O–H groups in total. The predicted molar refractivity (Wildman–Crippen MR) is 93.0 cm³/mol. The lowest BCUT2D eigenvalue weighted by atomic mass is 10.0. The van der Waals surface area contributed by atoms with Crippen LogP contribution in [-0.4, -0.2) is 16.4 Å². The third-order valence-corrected chi connectivity index (χ3v) is 4.47. The average Bonchev–Trinajstić information content (AvgIpc) is 2.50. The Kier molecular flexibility index (Phi) is 17.9. The van der Waals surface area contributed by atoms with Crippen molar-refractivity contribution in [1.29, 1.82) is 0 Å². The van der Waals surface area contributed by atoms with E-state index in [0.29, 0.717) is 6.42 Å². The van der Waals surface area contributed by atoms with Gasteiger partial charge in [-0.25, -0.2) is 5.48 Å². The number of hydrogen-bond donors (Lipinski definition) is 2. The van der Waals surface area contributed by atoms with Crippen LogP contribution in [0.15, 0.2) is 0 Å². The topological polar surface area (TPSA) is 49.3 Å². The molecule has 4 heteroatoms. The zero-order chi connectivity index (χ0) is 15.6. The molecule has 21 heavy (non-hydrogen) atoms. The van der Waals surface area contributed by atoms with Crippen LogP contribution in [0.1, 0.15) is 96.3 Å². The Bertz CT molecular complexity index is 225. The lowest BCUT2D eigenvalue weighted by Crippen LogP contribution is -2.17. The summed E-state index contributed by atoms with van der Waals surface area (Å²) < 4.78 is 0. The van der Waals surface area contributed by atoms with Crippen LogP contribution in [0.4, 0.5) is 0 Å². The number of nitrogens with one attached hydrogen (secondary N) is 1. The maximum Gasteiger partial charge on any atom is 0.243 e. The van der Waals surface area contributed by atoms with Crippen LogP contribution < -0.4 is 5.48 Å². The van der Waals surface area contributed by atoms with E-state index in [1.54, 1.807) is 5.48 Å². The van der Waals surface area contributed by atoms with Crippen molar-refractivity contribution in [2.45, 2.75) is 96.3 Å². The number of alkyl halides is 1. The van der Waals surface area contributed by atoms with Gasteiger partial charge in [-0.2, -0.15) is 0 Å². The van der Waals surface area contributed by atoms with Crippen molar-refractivity contribution >= 4 is 21.8 Å². The summed E-state index contributed by atoms with van der Waals surface area (Å²) in [5.41, 5.74) is 1.67. The van der Waals surface area contributed by atoms with Gasteiger partial charge in [0.2, 0.25) is 5.91 Å². The summed E-state index contributed by atoms with van der Waals surface area (Å²) in [5, 5.41) is 9.50. The third-order valence-electron chi connectivity index (χ3n) is 3.91.